The molecule has 0 radical (unpaired) electrons. The quantitative estimate of drug-likeness (QED) is 0.491. The molecule has 0 heterocycles. The molecule has 28 heavy (non-hydrogen) atoms. The van der Waals surface area contributed by atoms with Gasteiger partial charge in [-0.1, -0.05) is 49.4 Å². The number of hydrogen-bond donors (Lipinski definition) is 0. The van der Waals surface area contributed by atoms with E-state index in [9.17, 15) is 13.2 Å². The molecule has 146 valence electrons. The second kappa shape index (κ2) is 7.97. The first-order valence-corrected chi connectivity index (χ1v) is 8.90. The van der Waals surface area contributed by atoms with E-state index in [-0.39, 0.29) is 5.56 Å². The minimum absolute atomic E-state index is 0.0994. The molecular formula is C23H21F3O2. The molecular weight excluding hydrogens is 365 g/mol. The van der Waals surface area contributed by atoms with E-state index < -0.39 is 11.7 Å². The molecule has 0 spiro atoms. The van der Waals surface area contributed by atoms with Gasteiger partial charge in [-0.15, -0.1) is 0 Å². The summed E-state index contributed by atoms with van der Waals surface area (Å²) in [6.45, 7) is 2.04. The highest BCUT2D eigenvalue weighted by atomic mass is 19.4. The lowest BCUT2D eigenvalue weighted by Gasteiger charge is -2.16. The van der Waals surface area contributed by atoms with E-state index in [4.69, 9.17) is 9.47 Å². The first kappa shape index (κ1) is 19.8. The van der Waals surface area contributed by atoms with Crippen LogP contribution in [0.15, 0.2) is 60.7 Å². The van der Waals surface area contributed by atoms with Gasteiger partial charge >= 0.3 is 6.18 Å². The Labute approximate surface area is 162 Å². The zero-order valence-electron chi connectivity index (χ0n) is 15.9. The summed E-state index contributed by atoms with van der Waals surface area (Å²) in [5.41, 5.74) is 2.25. The van der Waals surface area contributed by atoms with Crippen LogP contribution in [-0.4, -0.2) is 14.2 Å². The van der Waals surface area contributed by atoms with Crippen LogP contribution >= 0.6 is 0 Å². The Morgan fingerprint density at radius 3 is 1.89 bits per heavy atom. The average molecular weight is 386 g/mol. The van der Waals surface area contributed by atoms with Gasteiger partial charge in [-0.2, -0.15) is 13.2 Å². The molecule has 0 amide bonds. The van der Waals surface area contributed by atoms with E-state index in [1.807, 2.05) is 31.2 Å². The molecule has 0 aliphatic heterocycles. The lowest BCUT2D eigenvalue weighted by Crippen LogP contribution is -2.07. The summed E-state index contributed by atoms with van der Waals surface area (Å²) in [4.78, 5) is 0. The number of halogens is 3. The number of ether oxygens (including phenoxy) is 2. The third kappa shape index (κ3) is 3.98. The predicted octanol–water partition coefficient (Wildman–Crippen LogP) is 6.62. The van der Waals surface area contributed by atoms with Crippen LogP contribution in [0.25, 0.3) is 22.3 Å². The van der Waals surface area contributed by atoms with E-state index in [0.717, 1.165) is 17.5 Å². The molecule has 0 aromatic heterocycles. The van der Waals surface area contributed by atoms with Crippen LogP contribution in [0.4, 0.5) is 13.2 Å². The molecule has 3 rings (SSSR count). The number of alkyl halides is 3. The van der Waals surface area contributed by atoms with Crippen molar-refractivity contribution in [1.29, 1.82) is 0 Å². The third-order valence-corrected chi connectivity index (χ3v) is 4.72. The number of rotatable bonds is 5. The molecule has 0 aliphatic carbocycles. The maximum Gasteiger partial charge on any atom is 0.417 e. The minimum Gasteiger partial charge on any atom is -0.493 e. The fourth-order valence-corrected chi connectivity index (χ4v) is 3.15. The number of methoxy groups -OCH3 is 2. The summed E-state index contributed by atoms with van der Waals surface area (Å²) >= 11 is 0. The molecule has 0 saturated heterocycles. The number of aryl methyl sites for hydroxylation is 1. The largest absolute Gasteiger partial charge is 0.493 e. The van der Waals surface area contributed by atoms with Crippen molar-refractivity contribution >= 4 is 0 Å². The summed E-state index contributed by atoms with van der Waals surface area (Å²) in [6.07, 6.45) is -3.60. The summed E-state index contributed by atoms with van der Waals surface area (Å²) in [7, 11) is 2.94. The Morgan fingerprint density at radius 1 is 0.714 bits per heavy atom. The standard InChI is InChI=1S/C23H21F3O2/c1-4-15-5-7-16(8-6-15)17-9-11-19(20(13-17)23(24,25)26)18-10-12-21(27-2)22(14-18)28-3/h5-14H,4H2,1-3H3. The van der Waals surface area contributed by atoms with Crippen molar-refractivity contribution in [2.24, 2.45) is 0 Å². The molecule has 5 heteroatoms. The van der Waals surface area contributed by atoms with Crippen molar-refractivity contribution in [2.75, 3.05) is 14.2 Å². The maximum absolute atomic E-state index is 13.8. The minimum atomic E-state index is -4.48. The summed E-state index contributed by atoms with van der Waals surface area (Å²) in [5, 5.41) is 0. The lowest BCUT2D eigenvalue weighted by atomic mass is 9.94. The zero-order valence-corrected chi connectivity index (χ0v) is 15.9. The molecule has 0 fully saturated rings. The van der Waals surface area contributed by atoms with Crippen molar-refractivity contribution in [3.8, 4) is 33.8 Å². The van der Waals surface area contributed by atoms with Gasteiger partial charge in [0, 0.05) is 0 Å². The zero-order chi connectivity index (χ0) is 20.3. The average Bonchev–Trinajstić information content (AvgIpc) is 2.72. The van der Waals surface area contributed by atoms with Gasteiger partial charge in [-0.05, 0) is 52.4 Å². The molecule has 0 atom stereocenters. The normalized spacial score (nSPS) is 11.4. The van der Waals surface area contributed by atoms with E-state index in [2.05, 4.69) is 0 Å². The molecule has 0 bridgehead atoms. The van der Waals surface area contributed by atoms with Gasteiger partial charge in [0.25, 0.3) is 0 Å². The van der Waals surface area contributed by atoms with Crippen molar-refractivity contribution in [2.45, 2.75) is 19.5 Å². The molecule has 3 aromatic rings. The van der Waals surface area contributed by atoms with Gasteiger partial charge in [-0.3, -0.25) is 0 Å². The molecule has 3 aromatic carbocycles. The summed E-state index contributed by atoms with van der Waals surface area (Å²) < 4.78 is 51.9. The van der Waals surface area contributed by atoms with Gasteiger partial charge in [0.1, 0.15) is 0 Å². The highest BCUT2D eigenvalue weighted by molar-refractivity contribution is 5.76. The smallest absolute Gasteiger partial charge is 0.417 e. The molecule has 0 aliphatic rings. The van der Waals surface area contributed by atoms with Gasteiger partial charge in [0.2, 0.25) is 0 Å². The van der Waals surface area contributed by atoms with Crippen molar-refractivity contribution in [3.05, 3.63) is 71.8 Å². The van der Waals surface area contributed by atoms with Crippen LogP contribution in [0.2, 0.25) is 0 Å². The second-order valence-electron chi connectivity index (χ2n) is 6.38. The van der Waals surface area contributed by atoms with Gasteiger partial charge < -0.3 is 9.47 Å². The van der Waals surface area contributed by atoms with Crippen LogP contribution in [0.3, 0.4) is 0 Å². The van der Waals surface area contributed by atoms with Crippen molar-refractivity contribution < 1.29 is 22.6 Å². The number of hydrogen-bond acceptors (Lipinski definition) is 2. The van der Waals surface area contributed by atoms with Crippen LogP contribution in [0.5, 0.6) is 11.5 Å². The Kier molecular flexibility index (Phi) is 5.63. The van der Waals surface area contributed by atoms with Crippen molar-refractivity contribution in [3.63, 3.8) is 0 Å². The third-order valence-electron chi connectivity index (χ3n) is 4.72. The second-order valence-corrected chi connectivity index (χ2v) is 6.38. The summed E-state index contributed by atoms with van der Waals surface area (Å²) in [6, 6.07) is 16.7. The SMILES string of the molecule is CCc1ccc(-c2ccc(-c3ccc(OC)c(OC)c3)c(C(F)(F)F)c2)cc1. The highest BCUT2D eigenvalue weighted by Gasteiger charge is 2.34. The van der Waals surface area contributed by atoms with E-state index >= 15 is 0 Å². The Hall–Kier alpha value is -2.95. The first-order chi connectivity index (χ1) is 13.4. The topological polar surface area (TPSA) is 18.5 Å². The Bertz CT molecular complexity index is 961. The van der Waals surface area contributed by atoms with Gasteiger partial charge in [0.15, 0.2) is 11.5 Å². The molecule has 0 saturated carbocycles. The van der Waals surface area contributed by atoms with E-state index in [1.165, 1.54) is 26.4 Å². The van der Waals surface area contributed by atoms with Crippen molar-refractivity contribution in [1.82, 2.24) is 0 Å². The highest BCUT2D eigenvalue weighted by Crippen LogP contribution is 2.41. The van der Waals surface area contributed by atoms with Crippen LogP contribution < -0.4 is 9.47 Å². The molecule has 2 nitrogen and oxygen atoms in total. The Morgan fingerprint density at radius 2 is 1.32 bits per heavy atom. The Balaban J connectivity index is 2.12. The molecule has 0 N–H and O–H groups in total. The van der Waals surface area contributed by atoms with E-state index in [0.29, 0.717) is 22.6 Å². The summed E-state index contributed by atoms with van der Waals surface area (Å²) in [5.74, 6) is 0.847. The number of benzene rings is 3. The lowest BCUT2D eigenvalue weighted by molar-refractivity contribution is -0.137. The monoisotopic (exact) mass is 386 g/mol. The fraction of sp³-hybridized carbons (Fsp3) is 0.217. The first-order valence-electron chi connectivity index (χ1n) is 8.90. The van der Waals surface area contributed by atoms with Gasteiger partial charge in [-0.25, -0.2) is 0 Å². The van der Waals surface area contributed by atoms with Crippen LogP contribution in [0, 0.1) is 0 Å². The van der Waals surface area contributed by atoms with Crippen LogP contribution in [0.1, 0.15) is 18.1 Å². The van der Waals surface area contributed by atoms with Crippen LogP contribution in [-0.2, 0) is 12.6 Å². The maximum atomic E-state index is 13.8. The van der Waals surface area contributed by atoms with Gasteiger partial charge in [0.05, 0.1) is 19.8 Å². The van der Waals surface area contributed by atoms with E-state index in [1.54, 1.807) is 24.3 Å². The fourth-order valence-electron chi connectivity index (χ4n) is 3.15. The predicted molar refractivity (Wildman–Crippen MR) is 105 cm³/mol. The molecule has 0 unspecified atom stereocenters.